The smallest absolute Gasteiger partial charge is 0.167 e. The number of aromatic nitrogens is 3. The van der Waals surface area contributed by atoms with Crippen molar-refractivity contribution in [3.05, 3.63) is 78.6 Å². The number of ether oxygens (including phenoxy) is 1. The number of aliphatic hydroxyl groups is 1. The molecule has 6 rings (SSSR count). The standard InChI is InChI=1S/C26H24N4O2/c1-25(31)14-26(27,15-25)19-9-7-17(8-10-19)22-23(18-5-3-2-4-6-18)30-16-32-21-13-28-12-11-20(21)24(30)29-22/h2-13,31H,14-16,27H2,1H3/t25-,26-. The van der Waals surface area contributed by atoms with Crippen molar-refractivity contribution < 1.29 is 9.84 Å². The highest BCUT2D eigenvalue weighted by Crippen LogP contribution is 2.47. The topological polar surface area (TPSA) is 86.2 Å². The Balaban J connectivity index is 1.48. The van der Waals surface area contributed by atoms with Crippen molar-refractivity contribution in [1.29, 1.82) is 0 Å². The van der Waals surface area contributed by atoms with Crippen molar-refractivity contribution >= 4 is 0 Å². The van der Waals surface area contributed by atoms with Gasteiger partial charge in [-0.1, -0.05) is 54.6 Å². The molecule has 1 saturated carbocycles. The fourth-order valence-corrected chi connectivity index (χ4v) is 5.16. The van der Waals surface area contributed by atoms with E-state index in [0.29, 0.717) is 19.6 Å². The lowest BCUT2D eigenvalue weighted by Crippen LogP contribution is -2.58. The summed E-state index contributed by atoms with van der Waals surface area (Å²) in [5.74, 6) is 1.62. The van der Waals surface area contributed by atoms with Crippen molar-refractivity contribution in [3.63, 3.8) is 0 Å². The number of nitrogens with two attached hydrogens (primary N) is 1. The highest BCUT2D eigenvalue weighted by molar-refractivity contribution is 5.83. The van der Waals surface area contributed by atoms with Gasteiger partial charge in [-0.25, -0.2) is 4.98 Å². The molecule has 0 bridgehead atoms. The van der Waals surface area contributed by atoms with Gasteiger partial charge in [0, 0.05) is 22.9 Å². The molecule has 1 fully saturated rings. The van der Waals surface area contributed by atoms with Crippen LogP contribution in [0, 0.1) is 0 Å². The number of benzene rings is 2. The molecule has 3 heterocycles. The maximum Gasteiger partial charge on any atom is 0.167 e. The zero-order chi connectivity index (χ0) is 21.9. The van der Waals surface area contributed by atoms with E-state index < -0.39 is 11.1 Å². The molecule has 2 aromatic carbocycles. The molecule has 160 valence electrons. The van der Waals surface area contributed by atoms with E-state index in [4.69, 9.17) is 15.5 Å². The van der Waals surface area contributed by atoms with Crippen molar-refractivity contribution in [2.24, 2.45) is 5.73 Å². The number of pyridine rings is 1. The van der Waals surface area contributed by atoms with Gasteiger partial charge in [-0.2, -0.15) is 0 Å². The largest absolute Gasteiger partial charge is 0.470 e. The first-order chi connectivity index (χ1) is 15.4. The summed E-state index contributed by atoms with van der Waals surface area (Å²) in [7, 11) is 0. The molecule has 6 nitrogen and oxygen atoms in total. The van der Waals surface area contributed by atoms with Gasteiger partial charge in [-0.15, -0.1) is 0 Å². The van der Waals surface area contributed by atoms with Crippen LogP contribution in [0.25, 0.3) is 33.9 Å². The second kappa shape index (κ2) is 6.76. The molecule has 0 saturated heterocycles. The van der Waals surface area contributed by atoms with Crippen molar-refractivity contribution in [2.75, 3.05) is 0 Å². The molecule has 6 heteroatoms. The fourth-order valence-electron chi connectivity index (χ4n) is 5.16. The van der Waals surface area contributed by atoms with Crippen LogP contribution in [-0.2, 0) is 12.3 Å². The van der Waals surface area contributed by atoms with Gasteiger partial charge in [0.15, 0.2) is 12.5 Å². The van der Waals surface area contributed by atoms with Crippen LogP contribution in [0.3, 0.4) is 0 Å². The lowest BCUT2D eigenvalue weighted by atomic mass is 9.63. The first kappa shape index (κ1) is 19.2. The van der Waals surface area contributed by atoms with E-state index in [9.17, 15) is 5.11 Å². The summed E-state index contributed by atoms with van der Waals surface area (Å²) < 4.78 is 8.11. The van der Waals surface area contributed by atoms with Gasteiger partial charge in [-0.3, -0.25) is 9.55 Å². The minimum Gasteiger partial charge on any atom is -0.470 e. The van der Waals surface area contributed by atoms with Gasteiger partial charge in [-0.05, 0) is 31.4 Å². The number of hydrogen-bond acceptors (Lipinski definition) is 5. The Morgan fingerprint density at radius 2 is 1.75 bits per heavy atom. The van der Waals surface area contributed by atoms with Gasteiger partial charge < -0.3 is 15.6 Å². The maximum atomic E-state index is 10.2. The van der Waals surface area contributed by atoms with Gasteiger partial charge in [0.2, 0.25) is 0 Å². The lowest BCUT2D eigenvalue weighted by Gasteiger charge is -2.49. The zero-order valence-corrected chi connectivity index (χ0v) is 17.8. The molecule has 2 aromatic heterocycles. The summed E-state index contributed by atoms with van der Waals surface area (Å²) in [4.78, 5) is 9.25. The molecule has 0 radical (unpaired) electrons. The van der Waals surface area contributed by atoms with Crippen molar-refractivity contribution in [1.82, 2.24) is 14.5 Å². The van der Waals surface area contributed by atoms with Crippen molar-refractivity contribution in [2.45, 2.75) is 37.6 Å². The van der Waals surface area contributed by atoms with Gasteiger partial charge >= 0.3 is 0 Å². The molecule has 3 N–H and O–H groups in total. The molecule has 32 heavy (non-hydrogen) atoms. The average molecular weight is 425 g/mol. The van der Waals surface area contributed by atoms with Crippen LogP contribution >= 0.6 is 0 Å². The first-order valence-corrected chi connectivity index (χ1v) is 10.8. The molecule has 1 aliphatic heterocycles. The average Bonchev–Trinajstić information content (AvgIpc) is 3.18. The van der Waals surface area contributed by atoms with Crippen LogP contribution in [-0.4, -0.2) is 25.2 Å². The SMILES string of the molecule is C[C@]1(O)C[C@@](N)(c2ccc(-c3nc4n(c3-c3ccccc3)COc3cnccc3-4)cc2)C1. The van der Waals surface area contributed by atoms with Gasteiger partial charge in [0.25, 0.3) is 0 Å². The number of imidazole rings is 1. The molecule has 4 aromatic rings. The van der Waals surface area contributed by atoms with Gasteiger partial charge in [0.1, 0.15) is 5.82 Å². The third-order valence-corrected chi connectivity index (χ3v) is 6.52. The van der Waals surface area contributed by atoms with E-state index in [1.54, 1.807) is 12.4 Å². The summed E-state index contributed by atoms with van der Waals surface area (Å²) in [6.45, 7) is 2.22. The van der Waals surface area contributed by atoms with Crippen LogP contribution in [0.2, 0.25) is 0 Å². The Bertz CT molecular complexity index is 1300. The molecule has 0 atom stereocenters. The van der Waals surface area contributed by atoms with E-state index >= 15 is 0 Å². The van der Waals surface area contributed by atoms with Crippen molar-refractivity contribution in [3.8, 4) is 39.7 Å². The zero-order valence-electron chi connectivity index (χ0n) is 17.8. The highest BCUT2D eigenvalue weighted by Gasteiger charge is 2.49. The lowest BCUT2D eigenvalue weighted by molar-refractivity contribution is -0.0738. The molecular formula is C26H24N4O2. The number of fused-ring (bicyclic) bond motifs is 3. The van der Waals surface area contributed by atoms with E-state index in [1.807, 2.05) is 31.2 Å². The van der Waals surface area contributed by atoms with Crippen LogP contribution in [0.15, 0.2) is 73.1 Å². The van der Waals surface area contributed by atoms with Crippen LogP contribution in [0.1, 0.15) is 25.3 Å². The summed E-state index contributed by atoms with van der Waals surface area (Å²) in [5, 5.41) is 10.2. The Morgan fingerprint density at radius 1 is 1.00 bits per heavy atom. The van der Waals surface area contributed by atoms with E-state index in [0.717, 1.165) is 45.2 Å². The summed E-state index contributed by atoms with van der Waals surface area (Å²) in [6.07, 6.45) is 4.63. The third kappa shape index (κ3) is 2.95. The molecule has 1 aliphatic carbocycles. The second-order valence-corrected chi connectivity index (χ2v) is 9.16. The Morgan fingerprint density at radius 3 is 2.47 bits per heavy atom. The third-order valence-electron chi connectivity index (χ3n) is 6.52. The quantitative estimate of drug-likeness (QED) is 0.511. The molecule has 2 aliphatic rings. The van der Waals surface area contributed by atoms with Crippen LogP contribution < -0.4 is 10.5 Å². The number of nitrogens with zero attached hydrogens (tertiary/aromatic N) is 3. The van der Waals surface area contributed by atoms with Gasteiger partial charge in [0.05, 0.1) is 28.7 Å². The normalized spacial score (nSPS) is 23.6. The van der Waals surface area contributed by atoms with Crippen LogP contribution in [0.5, 0.6) is 5.75 Å². The second-order valence-electron chi connectivity index (χ2n) is 9.16. The first-order valence-electron chi connectivity index (χ1n) is 10.8. The molecule has 0 amide bonds. The predicted molar refractivity (Wildman–Crippen MR) is 123 cm³/mol. The predicted octanol–water partition coefficient (Wildman–Crippen LogP) is 4.33. The maximum absolute atomic E-state index is 10.2. The fraction of sp³-hybridized carbons (Fsp3) is 0.231. The summed E-state index contributed by atoms with van der Waals surface area (Å²) >= 11 is 0. The molecule has 0 unspecified atom stereocenters. The van der Waals surface area contributed by atoms with Crippen LogP contribution in [0.4, 0.5) is 0 Å². The minimum absolute atomic E-state index is 0.379. The Hall–Kier alpha value is -3.48. The Labute approximate surface area is 186 Å². The molecule has 0 spiro atoms. The number of rotatable bonds is 3. The van der Waals surface area contributed by atoms with E-state index in [2.05, 4.69) is 45.9 Å². The van der Waals surface area contributed by atoms with E-state index in [1.165, 1.54) is 0 Å². The summed E-state index contributed by atoms with van der Waals surface area (Å²) in [5.41, 5.74) is 11.4. The summed E-state index contributed by atoms with van der Waals surface area (Å²) in [6, 6.07) is 20.5. The Kier molecular flexibility index (Phi) is 4.06. The number of hydrogen-bond donors (Lipinski definition) is 2. The minimum atomic E-state index is -0.681. The highest BCUT2D eigenvalue weighted by atomic mass is 16.5. The molecular weight excluding hydrogens is 400 g/mol. The van der Waals surface area contributed by atoms with E-state index in [-0.39, 0.29) is 0 Å². The monoisotopic (exact) mass is 424 g/mol.